The Morgan fingerprint density at radius 1 is 1.35 bits per heavy atom. The number of nitrogens with one attached hydrogen (secondary N) is 1. The number of sulfone groups is 1. The summed E-state index contributed by atoms with van der Waals surface area (Å²) in [6, 6.07) is 3.85. The highest BCUT2D eigenvalue weighted by Crippen LogP contribution is 2.36. The van der Waals surface area contributed by atoms with E-state index < -0.39 is 14.6 Å². The molecule has 0 aromatic heterocycles. The molecule has 0 radical (unpaired) electrons. The van der Waals surface area contributed by atoms with Crippen LogP contribution in [-0.2, 0) is 16.4 Å². The Kier molecular flexibility index (Phi) is 6.44. The molecule has 1 aliphatic heterocycles. The molecule has 2 rings (SSSR count). The highest BCUT2D eigenvalue weighted by Gasteiger charge is 2.40. The molecule has 1 aromatic carbocycles. The van der Waals surface area contributed by atoms with Crippen LogP contribution in [0.25, 0.3) is 0 Å². The van der Waals surface area contributed by atoms with Crippen molar-refractivity contribution in [2.45, 2.75) is 25.1 Å². The summed E-state index contributed by atoms with van der Waals surface area (Å²) >= 11 is 3.49. The van der Waals surface area contributed by atoms with Crippen LogP contribution in [0.1, 0.15) is 19.4 Å². The van der Waals surface area contributed by atoms with Gasteiger partial charge in [-0.1, -0.05) is 0 Å². The molecule has 0 bridgehead atoms. The number of halogens is 1. The SMILES string of the molecule is CN=C(NCc1cc(Br)c(OC)c(OC)c1)N1CCS(=O)(=O)C(C)(C)C1. The summed E-state index contributed by atoms with van der Waals surface area (Å²) in [5.41, 5.74) is 0.986. The van der Waals surface area contributed by atoms with Gasteiger partial charge in [-0.2, -0.15) is 0 Å². The van der Waals surface area contributed by atoms with Gasteiger partial charge in [-0.25, -0.2) is 8.42 Å². The lowest BCUT2D eigenvalue weighted by molar-refractivity contribution is 0.351. The summed E-state index contributed by atoms with van der Waals surface area (Å²) in [4.78, 5) is 6.29. The van der Waals surface area contributed by atoms with Crippen molar-refractivity contribution in [2.24, 2.45) is 4.99 Å². The molecule has 0 saturated carbocycles. The molecule has 1 fully saturated rings. The Morgan fingerprint density at radius 3 is 2.58 bits per heavy atom. The first-order valence-corrected chi connectivity index (χ1v) is 10.7. The van der Waals surface area contributed by atoms with E-state index in [0.29, 0.717) is 37.1 Å². The van der Waals surface area contributed by atoms with Gasteiger partial charge >= 0.3 is 0 Å². The first-order chi connectivity index (χ1) is 12.1. The highest BCUT2D eigenvalue weighted by molar-refractivity contribution is 9.10. The molecule has 1 N–H and O–H groups in total. The van der Waals surface area contributed by atoms with Gasteiger partial charge in [0, 0.05) is 26.7 Å². The summed E-state index contributed by atoms with van der Waals surface area (Å²) < 4.78 is 35.1. The van der Waals surface area contributed by atoms with Crippen LogP contribution in [0.3, 0.4) is 0 Å². The van der Waals surface area contributed by atoms with Gasteiger partial charge in [0.2, 0.25) is 0 Å². The van der Waals surface area contributed by atoms with Crippen LogP contribution in [0.5, 0.6) is 11.5 Å². The van der Waals surface area contributed by atoms with E-state index in [9.17, 15) is 8.42 Å². The maximum Gasteiger partial charge on any atom is 0.193 e. The average molecular weight is 448 g/mol. The third-order valence-electron chi connectivity index (χ3n) is 4.50. The second-order valence-corrected chi connectivity index (χ2v) is 10.3. The second-order valence-electron chi connectivity index (χ2n) is 6.71. The van der Waals surface area contributed by atoms with Crippen molar-refractivity contribution in [3.63, 3.8) is 0 Å². The lowest BCUT2D eigenvalue weighted by Crippen LogP contribution is -2.57. The summed E-state index contributed by atoms with van der Waals surface area (Å²) in [7, 11) is 1.80. The Balaban J connectivity index is 2.12. The minimum Gasteiger partial charge on any atom is -0.493 e. The third kappa shape index (κ3) is 4.25. The van der Waals surface area contributed by atoms with Crippen molar-refractivity contribution in [3.8, 4) is 11.5 Å². The fraction of sp³-hybridized carbons (Fsp3) is 0.588. The van der Waals surface area contributed by atoms with Crippen molar-refractivity contribution in [1.82, 2.24) is 10.2 Å². The van der Waals surface area contributed by atoms with Gasteiger partial charge in [0.05, 0.1) is 29.2 Å². The van der Waals surface area contributed by atoms with E-state index in [2.05, 4.69) is 26.2 Å². The Labute approximate surface area is 163 Å². The summed E-state index contributed by atoms with van der Waals surface area (Å²) in [5, 5.41) is 3.30. The first kappa shape index (κ1) is 20.8. The number of hydrogen-bond donors (Lipinski definition) is 1. The van der Waals surface area contributed by atoms with Crippen LogP contribution < -0.4 is 14.8 Å². The van der Waals surface area contributed by atoms with Gasteiger partial charge < -0.3 is 19.7 Å². The molecule has 146 valence electrons. The Morgan fingerprint density at radius 2 is 2.04 bits per heavy atom. The molecule has 9 heteroatoms. The molecular formula is C17H26BrN3O4S. The van der Waals surface area contributed by atoms with Gasteiger partial charge in [0.1, 0.15) is 0 Å². The molecule has 1 aromatic rings. The molecule has 26 heavy (non-hydrogen) atoms. The monoisotopic (exact) mass is 447 g/mol. The van der Waals surface area contributed by atoms with Crippen LogP contribution in [0.2, 0.25) is 0 Å². The van der Waals surface area contributed by atoms with Crippen molar-refractivity contribution in [1.29, 1.82) is 0 Å². The summed E-state index contributed by atoms with van der Waals surface area (Å²) in [6.45, 7) is 4.88. The van der Waals surface area contributed by atoms with Crippen molar-refractivity contribution < 1.29 is 17.9 Å². The second kappa shape index (κ2) is 8.04. The number of nitrogens with zero attached hydrogens (tertiary/aromatic N) is 2. The zero-order valence-electron chi connectivity index (χ0n) is 15.8. The van der Waals surface area contributed by atoms with Crippen LogP contribution in [0, 0.1) is 0 Å². The molecule has 0 spiro atoms. The standard InChI is InChI=1S/C17H26BrN3O4S/c1-17(2)11-21(6-7-26(17,22)23)16(19-3)20-10-12-8-13(18)15(25-5)14(9-12)24-4/h8-9H,6-7,10-11H2,1-5H3,(H,19,20). The van der Waals surface area contributed by atoms with E-state index in [0.717, 1.165) is 10.0 Å². The normalized spacial score (nSPS) is 19.2. The van der Waals surface area contributed by atoms with Gasteiger partial charge in [-0.3, -0.25) is 4.99 Å². The molecule has 1 saturated heterocycles. The number of ether oxygens (including phenoxy) is 2. The zero-order valence-corrected chi connectivity index (χ0v) is 18.2. The van der Waals surface area contributed by atoms with Crippen LogP contribution >= 0.6 is 15.9 Å². The van der Waals surface area contributed by atoms with Crippen molar-refractivity contribution in [2.75, 3.05) is 40.1 Å². The van der Waals surface area contributed by atoms with E-state index in [-0.39, 0.29) is 5.75 Å². The van der Waals surface area contributed by atoms with E-state index >= 15 is 0 Å². The van der Waals surface area contributed by atoms with Crippen molar-refractivity contribution in [3.05, 3.63) is 22.2 Å². The minimum atomic E-state index is -3.09. The Bertz CT molecular complexity index is 793. The van der Waals surface area contributed by atoms with Crippen LogP contribution in [-0.4, -0.2) is 64.1 Å². The summed E-state index contributed by atoms with van der Waals surface area (Å²) in [6.07, 6.45) is 0. The lowest BCUT2D eigenvalue weighted by atomic mass is 10.2. The maximum atomic E-state index is 12.2. The topological polar surface area (TPSA) is 80.2 Å². The van der Waals surface area contributed by atoms with Gasteiger partial charge in [0.25, 0.3) is 0 Å². The number of methoxy groups -OCH3 is 2. The molecule has 1 aliphatic rings. The quantitative estimate of drug-likeness (QED) is 0.561. The fourth-order valence-electron chi connectivity index (χ4n) is 2.91. The number of rotatable bonds is 4. The predicted molar refractivity (Wildman–Crippen MR) is 107 cm³/mol. The first-order valence-electron chi connectivity index (χ1n) is 8.23. The molecule has 1 heterocycles. The van der Waals surface area contributed by atoms with E-state index in [1.807, 2.05) is 17.0 Å². The van der Waals surface area contributed by atoms with Gasteiger partial charge in [-0.05, 0) is 47.5 Å². The van der Waals surface area contributed by atoms with Crippen LogP contribution in [0.15, 0.2) is 21.6 Å². The van der Waals surface area contributed by atoms with E-state index in [4.69, 9.17) is 9.47 Å². The molecule has 0 unspecified atom stereocenters. The third-order valence-corrected chi connectivity index (χ3v) is 7.62. The van der Waals surface area contributed by atoms with Gasteiger partial charge in [0.15, 0.2) is 27.3 Å². The lowest BCUT2D eigenvalue weighted by Gasteiger charge is -2.39. The maximum absolute atomic E-state index is 12.2. The van der Waals surface area contributed by atoms with Gasteiger partial charge in [-0.15, -0.1) is 0 Å². The predicted octanol–water partition coefficient (Wildman–Crippen LogP) is 2.05. The summed E-state index contributed by atoms with van der Waals surface area (Å²) in [5.74, 6) is 2.09. The average Bonchev–Trinajstić information content (AvgIpc) is 2.57. The Hall–Kier alpha value is -1.48. The van der Waals surface area contributed by atoms with Crippen LogP contribution in [0.4, 0.5) is 0 Å². The number of benzene rings is 1. The van der Waals surface area contributed by atoms with E-state index in [1.54, 1.807) is 35.1 Å². The zero-order chi connectivity index (χ0) is 19.5. The molecule has 7 nitrogen and oxygen atoms in total. The molecule has 0 aliphatic carbocycles. The molecular weight excluding hydrogens is 422 g/mol. The molecule has 0 atom stereocenters. The number of hydrogen-bond acceptors (Lipinski definition) is 5. The van der Waals surface area contributed by atoms with E-state index in [1.165, 1.54) is 0 Å². The smallest absolute Gasteiger partial charge is 0.193 e. The highest BCUT2D eigenvalue weighted by atomic mass is 79.9. The fourth-order valence-corrected chi connectivity index (χ4v) is 4.93. The van der Waals surface area contributed by atoms with Crippen molar-refractivity contribution >= 4 is 31.7 Å². The number of guanidine groups is 1. The minimum absolute atomic E-state index is 0.128. The largest absolute Gasteiger partial charge is 0.493 e. The molecule has 0 amide bonds. The number of aliphatic imine (C=N–C) groups is 1.